The summed E-state index contributed by atoms with van der Waals surface area (Å²) >= 11 is 0. The van der Waals surface area contributed by atoms with E-state index in [0.717, 1.165) is 5.56 Å². The summed E-state index contributed by atoms with van der Waals surface area (Å²) in [6.07, 6.45) is 0. The first-order valence-electron chi connectivity index (χ1n) is 6.29. The van der Waals surface area contributed by atoms with Crippen LogP contribution in [0.4, 0.5) is 5.69 Å². The molecular formula is C14H20N2O4. The van der Waals surface area contributed by atoms with Crippen LogP contribution in [0.15, 0.2) is 24.3 Å². The highest BCUT2D eigenvalue weighted by Gasteiger charge is 2.29. The molecule has 0 spiro atoms. The van der Waals surface area contributed by atoms with Crippen molar-refractivity contribution in [2.24, 2.45) is 0 Å². The average Bonchev–Trinajstić information content (AvgIpc) is 2.35. The van der Waals surface area contributed by atoms with Crippen molar-refractivity contribution in [1.29, 1.82) is 0 Å². The third-order valence-corrected chi connectivity index (χ3v) is 2.92. The van der Waals surface area contributed by atoms with Gasteiger partial charge >= 0.3 is 5.97 Å². The molecule has 0 heterocycles. The maximum absolute atomic E-state index is 11.0. The van der Waals surface area contributed by atoms with Crippen molar-refractivity contribution in [3.8, 4) is 0 Å². The predicted molar refractivity (Wildman–Crippen MR) is 75.4 cm³/mol. The van der Waals surface area contributed by atoms with Crippen molar-refractivity contribution < 1.29 is 19.8 Å². The maximum atomic E-state index is 11.0. The molecule has 0 fully saturated rings. The zero-order valence-electron chi connectivity index (χ0n) is 11.8. The van der Waals surface area contributed by atoms with E-state index >= 15 is 0 Å². The lowest BCUT2D eigenvalue weighted by Gasteiger charge is -2.22. The van der Waals surface area contributed by atoms with Gasteiger partial charge in [-0.15, -0.1) is 0 Å². The van der Waals surface area contributed by atoms with E-state index in [1.165, 1.54) is 13.8 Å². The molecule has 0 radical (unpaired) electrons. The van der Waals surface area contributed by atoms with E-state index in [1.807, 2.05) is 13.0 Å². The molecule has 20 heavy (non-hydrogen) atoms. The first kappa shape index (κ1) is 16.1. The number of anilines is 1. The largest absolute Gasteiger partial charge is 0.479 e. The van der Waals surface area contributed by atoms with Gasteiger partial charge in [0.15, 0.2) is 5.60 Å². The van der Waals surface area contributed by atoms with Gasteiger partial charge < -0.3 is 20.8 Å². The standard InChI is InChI=1S/C14H20N2O4/c1-9(15-8-14(3,20)13(18)19)11-5-4-6-12(7-11)16-10(2)17/h4-7,9,15,20H,8H2,1-3H3,(H,16,17)(H,18,19). The zero-order chi connectivity index (χ0) is 15.3. The summed E-state index contributed by atoms with van der Waals surface area (Å²) < 4.78 is 0. The van der Waals surface area contributed by atoms with E-state index in [1.54, 1.807) is 18.2 Å². The van der Waals surface area contributed by atoms with Gasteiger partial charge in [0.25, 0.3) is 0 Å². The topological polar surface area (TPSA) is 98.7 Å². The number of carbonyl (C=O) groups is 2. The minimum atomic E-state index is -1.82. The lowest BCUT2D eigenvalue weighted by Crippen LogP contribution is -2.45. The molecule has 6 heteroatoms. The molecule has 4 N–H and O–H groups in total. The van der Waals surface area contributed by atoms with Crippen molar-refractivity contribution in [1.82, 2.24) is 5.32 Å². The van der Waals surface area contributed by atoms with Crippen LogP contribution in [-0.2, 0) is 9.59 Å². The highest BCUT2D eigenvalue weighted by Crippen LogP contribution is 2.18. The van der Waals surface area contributed by atoms with Crippen molar-refractivity contribution in [2.75, 3.05) is 11.9 Å². The van der Waals surface area contributed by atoms with Crippen LogP contribution in [0, 0.1) is 0 Å². The molecule has 110 valence electrons. The van der Waals surface area contributed by atoms with Gasteiger partial charge in [0.2, 0.25) is 5.91 Å². The monoisotopic (exact) mass is 280 g/mol. The first-order chi connectivity index (χ1) is 9.22. The summed E-state index contributed by atoms with van der Waals surface area (Å²) in [5.74, 6) is -1.43. The maximum Gasteiger partial charge on any atom is 0.336 e. The normalized spacial score (nSPS) is 15.2. The Morgan fingerprint density at radius 3 is 2.60 bits per heavy atom. The first-order valence-corrected chi connectivity index (χ1v) is 6.29. The number of hydrogen-bond acceptors (Lipinski definition) is 4. The van der Waals surface area contributed by atoms with Crippen LogP contribution in [0.1, 0.15) is 32.4 Å². The molecule has 2 unspecified atom stereocenters. The Balaban J connectivity index is 2.70. The lowest BCUT2D eigenvalue weighted by molar-refractivity contribution is -0.156. The molecule has 1 aromatic carbocycles. The van der Waals surface area contributed by atoms with Gasteiger partial charge in [0, 0.05) is 25.2 Å². The van der Waals surface area contributed by atoms with Crippen LogP contribution >= 0.6 is 0 Å². The smallest absolute Gasteiger partial charge is 0.336 e. The van der Waals surface area contributed by atoms with Gasteiger partial charge in [-0.1, -0.05) is 12.1 Å². The molecule has 6 nitrogen and oxygen atoms in total. The fraction of sp³-hybridized carbons (Fsp3) is 0.429. The number of rotatable bonds is 6. The highest BCUT2D eigenvalue weighted by molar-refractivity contribution is 5.88. The second kappa shape index (κ2) is 6.49. The Hall–Kier alpha value is -1.92. The summed E-state index contributed by atoms with van der Waals surface area (Å²) in [5.41, 5.74) is -0.255. The van der Waals surface area contributed by atoms with Crippen LogP contribution in [0.2, 0.25) is 0 Å². The van der Waals surface area contributed by atoms with E-state index in [-0.39, 0.29) is 18.5 Å². The second-order valence-corrected chi connectivity index (χ2v) is 4.99. The van der Waals surface area contributed by atoms with E-state index in [2.05, 4.69) is 10.6 Å². The fourth-order valence-corrected chi connectivity index (χ4v) is 1.63. The van der Waals surface area contributed by atoms with Crippen LogP contribution in [0.25, 0.3) is 0 Å². The van der Waals surface area contributed by atoms with Crippen LogP contribution in [-0.4, -0.2) is 34.2 Å². The molecule has 0 aliphatic carbocycles. The van der Waals surface area contributed by atoms with Gasteiger partial charge in [0.1, 0.15) is 0 Å². The third kappa shape index (κ3) is 4.64. The summed E-state index contributed by atoms with van der Waals surface area (Å²) in [6.45, 7) is 4.44. The van der Waals surface area contributed by atoms with Crippen molar-refractivity contribution in [2.45, 2.75) is 32.4 Å². The lowest BCUT2D eigenvalue weighted by atomic mass is 10.0. The van der Waals surface area contributed by atoms with Crippen molar-refractivity contribution in [3.63, 3.8) is 0 Å². The number of hydrogen-bond donors (Lipinski definition) is 4. The molecule has 0 saturated heterocycles. The summed E-state index contributed by atoms with van der Waals surface area (Å²) in [7, 11) is 0. The van der Waals surface area contributed by atoms with Gasteiger partial charge in [-0.2, -0.15) is 0 Å². The van der Waals surface area contributed by atoms with Crippen LogP contribution < -0.4 is 10.6 Å². The zero-order valence-corrected chi connectivity index (χ0v) is 11.8. The van der Waals surface area contributed by atoms with E-state index < -0.39 is 11.6 Å². The Morgan fingerprint density at radius 2 is 2.05 bits per heavy atom. The predicted octanol–water partition coefficient (Wildman–Crippen LogP) is 1.13. The van der Waals surface area contributed by atoms with Crippen LogP contribution in [0.3, 0.4) is 0 Å². The third-order valence-electron chi connectivity index (χ3n) is 2.92. The Kier molecular flexibility index (Phi) is 5.24. The molecule has 0 saturated carbocycles. The second-order valence-electron chi connectivity index (χ2n) is 4.99. The Bertz CT molecular complexity index is 500. The number of aliphatic hydroxyl groups is 1. The summed E-state index contributed by atoms with van der Waals surface area (Å²) in [6, 6.07) is 7.07. The number of carbonyl (C=O) groups excluding carboxylic acids is 1. The van der Waals surface area contributed by atoms with E-state index in [9.17, 15) is 14.7 Å². The molecule has 1 amide bonds. The molecule has 1 rings (SSSR count). The van der Waals surface area contributed by atoms with E-state index in [0.29, 0.717) is 5.69 Å². The molecular weight excluding hydrogens is 260 g/mol. The number of benzene rings is 1. The Morgan fingerprint density at radius 1 is 1.40 bits per heavy atom. The van der Waals surface area contributed by atoms with E-state index in [4.69, 9.17) is 5.11 Å². The fourth-order valence-electron chi connectivity index (χ4n) is 1.63. The molecule has 2 atom stereocenters. The van der Waals surface area contributed by atoms with Gasteiger partial charge in [0.05, 0.1) is 0 Å². The average molecular weight is 280 g/mol. The molecule has 0 aliphatic heterocycles. The number of amides is 1. The van der Waals surface area contributed by atoms with Crippen molar-refractivity contribution in [3.05, 3.63) is 29.8 Å². The summed E-state index contributed by atoms with van der Waals surface area (Å²) in [4.78, 5) is 21.8. The molecule has 1 aromatic rings. The quantitative estimate of drug-likeness (QED) is 0.626. The summed E-state index contributed by atoms with van der Waals surface area (Å²) in [5, 5.41) is 24.1. The van der Waals surface area contributed by atoms with Gasteiger partial charge in [-0.3, -0.25) is 4.79 Å². The minimum Gasteiger partial charge on any atom is -0.479 e. The number of aliphatic carboxylic acids is 1. The molecule has 0 bridgehead atoms. The number of nitrogens with one attached hydrogen (secondary N) is 2. The molecule has 0 aliphatic rings. The van der Waals surface area contributed by atoms with Gasteiger partial charge in [-0.05, 0) is 31.5 Å². The van der Waals surface area contributed by atoms with Crippen LogP contribution in [0.5, 0.6) is 0 Å². The SMILES string of the molecule is CC(=O)Nc1cccc(C(C)NCC(C)(O)C(=O)O)c1. The van der Waals surface area contributed by atoms with Crippen molar-refractivity contribution >= 4 is 17.6 Å². The Labute approximate surface area is 117 Å². The van der Waals surface area contributed by atoms with Gasteiger partial charge in [-0.25, -0.2) is 4.79 Å². The number of carboxylic acid groups (broad SMARTS) is 1. The highest BCUT2D eigenvalue weighted by atomic mass is 16.4. The molecule has 0 aromatic heterocycles. The number of carboxylic acids is 1. The minimum absolute atomic E-state index is 0.0755.